The van der Waals surface area contributed by atoms with Gasteiger partial charge in [0.1, 0.15) is 5.25 Å². The van der Waals surface area contributed by atoms with Crippen molar-refractivity contribution in [1.29, 1.82) is 0 Å². The van der Waals surface area contributed by atoms with Crippen molar-refractivity contribution in [3.05, 3.63) is 40.9 Å². The summed E-state index contributed by atoms with van der Waals surface area (Å²) in [4.78, 5) is 14.5. The van der Waals surface area contributed by atoms with Crippen molar-refractivity contribution in [1.82, 2.24) is 0 Å². The van der Waals surface area contributed by atoms with E-state index in [1.165, 1.54) is 12.1 Å². The average molecular weight is 252 g/mol. The molecule has 7 heteroatoms. The van der Waals surface area contributed by atoms with Crippen LogP contribution in [0, 0.1) is 0 Å². The van der Waals surface area contributed by atoms with E-state index in [-0.39, 0.29) is 16.8 Å². The Morgan fingerprint density at radius 3 is 2.59 bits per heavy atom. The van der Waals surface area contributed by atoms with E-state index in [2.05, 4.69) is 4.79 Å². The summed E-state index contributed by atoms with van der Waals surface area (Å²) in [6.07, 6.45) is -0.421. The van der Waals surface area contributed by atoms with Crippen LogP contribution < -0.4 is 0 Å². The zero-order chi connectivity index (χ0) is 12.6. The van der Waals surface area contributed by atoms with Crippen molar-refractivity contribution in [3.8, 4) is 0 Å². The Kier molecular flexibility index (Phi) is 2.66. The molecule has 1 N–H and O–H groups in total. The van der Waals surface area contributed by atoms with Crippen LogP contribution in [0.25, 0.3) is 5.53 Å². The lowest BCUT2D eigenvalue weighted by atomic mass is 9.89. The number of ketones is 1. The number of nitrogens with zero attached hydrogens (tertiary/aromatic N) is 2. The van der Waals surface area contributed by atoms with E-state index in [1.54, 1.807) is 12.1 Å². The first kappa shape index (κ1) is 11.7. The van der Waals surface area contributed by atoms with Gasteiger partial charge in [-0.25, -0.2) is 0 Å². The van der Waals surface area contributed by atoms with Crippen LogP contribution in [0.15, 0.2) is 24.3 Å². The molecule has 88 valence electrons. The molecule has 1 unspecified atom stereocenters. The van der Waals surface area contributed by atoms with Crippen LogP contribution in [-0.2, 0) is 14.9 Å². The Morgan fingerprint density at radius 1 is 1.35 bits per heavy atom. The summed E-state index contributed by atoms with van der Waals surface area (Å²) in [5, 5.41) is -1.29. The van der Waals surface area contributed by atoms with Gasteiger partial charge >= 0.3 is 5.71 Å². The first-order valence-corrected chi connectivity index (χ1v) is 6.26. The van der Waals surface area contributed by atoms with Crippen LogP contribution in [0.2, 0.25) is 0 Å². The fraction of sp³-hybridized carbons (Fsp3) is 0.200. The summed E-state index contributed by atoms with van der Waals surface area (Å²) in [5.41, 5.74) is 9.07. The minimum Gasteiger partial charge on any atom is -0.361 e. The molecule has 1 aromatic carbocycles. The van der Waals surface area contributed by atoms with Gasteiger partial charge in [-0.05, 0) is 11.6 Å². The van der Waals surface area contributed by atoms with E-state index < -0.39 is 27.6 Å². The Morgan fingerprint density at radius 2 is 2.00 bits per heavy atom. The topological polar surface area (TPSA) is 108 Å². The molecule has 6 nitrogen and oxygen atoms in total. The minimum absolute atomic E-state index is 0.180. The highest BCUT2D eigenvalue weighted by Gasteiger charge is 2.41. The number of hydrogen-bond donors (Lipinski definition) is 1. The smallest absolute Gasteiger partial charge is 0.361 e. The van der Waals surface area contributed by atoms with Crippen LogP contribution in [0.5, 0.6) is 0 Å². The number of carbonyl (C=O) groups is 1. The number of hydrogen-bond acceptors (Lipinski definition) is 3. The highest BCUT2D eigenvalue weighted by molar-refractivity contribution is 7.86. The molecule has 0 aromatic heterocycles. The van der Waals surface area contributed by atoms with Crippen molar-refractivity contribution in [2.75, 3.05) is 0 Å². The number of Topliss-reactive ketones (excluding diaryl/α,β-unsaturated/α-hetero) is 1. The van der Waals surface area contributed by atoms with E-state index in [0.717, 1.165) is 0 Å². The fourth-order valence-electron chi connectivity index (χ4n) is 1.89. The van der Waals surface area contributed by atoms with Crippen molar-refractivity contribution in [2.24, 2.45) is 0 Å². The molecule has 1 atom stereocenters. The molecular weight excluding hydrogens is 244 g/mol. The van der Waals surface area contributed by atoms with E-state index in [0.29, 0.717) is 0 Å². The van der Waals surface area contributed by atoms with E-state index in [1.807, 2.05) is 0 Å². The summed E-state index contributed by atoms with van der Waals surface area (Å²) in [6.45, 7) is 0. The Balaban J connectivity index is 2.74. The first-order chi connectivity index (χ1) is 7.95. The van der Waals surface area contributed by atoms with Crippen LogP contribution in [0.4, 0.5) is 0 Å². The SMILES string of the molecule is [N-]=[N+]=C1C(=O)CC(S(=O)(=O)O)c2ccccc21. The molecule has 17 heavy (non-hydrogen) atoms. The second-order valence-corrected chi connectivity index (χ2v) is 5.27. The van der Waals surface area contributed by atoms with Gasteiger partial charge in [0.2, 0.25) is 5.78 Å². The predicted molar refractivity (Wildman–Crippen MR) is 58.1 cm³/mol. The van der Waals surface area contributed by atoms with Crippen LogP contribution in [0.1, 0.15) is 22.8 Å². The molecule has 0 saturated heterocycles. The predicted octanol–water partition coefficient (Wildman–Crippen LogP) is 0.607. The lowest BCUT2D eigenvalue weighted by molar-refractivity contribution is -0.117. The van der Waals surface area contributed by atoms with Crippen LogP contribution >= 0.6 is 0 Å². The van der Waals surface area contributed by atoms with Crippen LogP contribution in [0.3, 0.4) is 0 Å². The van der Waals surface area contributed by atoms with Gasteiger partial charge in [-0.3, -0.25) is 9.35 Å². The summed E-state index contributed by atoms with van der Waals surface area (Å²) in [6, 6.07) is 6.12. The summed E-state index contributed by atoms with van der Waals surface area (Å²) in [7, 11) is -4.36. The normalized spacial score (nSPS) is 19.7. The second-order valence-electron chi connectivity index (χ2n) is 3.67. The third-order valence-electron chi connectivity index (χ3n) is 2.66. The van der Waals surface area contributed by atoms with Crippen molar-refractivity contribution < 1.29 is 22.6 Å². The molecule has 0 radical (unpaired) electrons. The van der Waals surface area contributed by atoms with Gasteiger partial charge in [-0.15, -0.1) is 0 Å². The van der Waals surface area contributed by atoms with Gasteiger partial charge in [-0.2, -0.15) is 13.2 Å². The molecule has 1 aromatic rings. The molecule has 0 amide bonds. The quantitative estimate of drug-likeness (QED) is 0.448. The third-order valence-corrected chi connectivity index (χ3v) is 3.80. The van der Waals surface area contributed by atoms with Crippen molar-refractivity contribution in [2.45, 2.75) is 11.7 Å². The molecular formula is C10H8N2O4S. The highest BCUT2D eigenvalue weighted by Crippen LogP contribution is 2.33. The Labute approximate surface area is 97.3 Å². The van der Waals surface area contributed by atoms with Gasteiger partial charge in [0, 0.05) is 6.42 Å². The minimum atomic E-state index is -4.36. The molecule has 1 aliphatic rings. The number of fused-ring (bicyclic) bond motifs is 1. The third kappa shape index (κ3) is 1.91. The van der Waals surface area contributed by atoms with Crippen molar-refractivity contribution in [3.63, 3.8) is 0 Å². The maximum absolute atomic E-state index is 11.6. The summed E-state index contributed by atoms with van der Waals surface area (Å²) in [5.74, 6) is -0.617. The average Bonchev–Trinajstić information content (AvgIpc) is 2.27. The van der Waals surface area contributed by atoms with E-state index in [4.69, 9.17) is 10.1 Å². The highest BCUT2D eigenvalue weighted by atomic mass is 32.2. The standard InChI is InChI=1S/C10H8N2O4S/c11-12-10-7-4-2-1-3-6(7)9(5-8(10)13)17(14,15)16/h1-4,9H,5H2,(H,14,15,16). The Bertz CT molecular complexity index is 644. The molecule has 0 saturated carbocycles. The molecule has 1 aliphatic carbocycles. The zero-order valence-corrected chi connectivity index (χ0v) is 9.38. The van der Waals surface area contributed by atoms with Gasteiger partial charge in [0.15, 0.2) is 0 Å². The molecule has 0 heterocycles. The largest absolute Gasteiger partial charge is 0.365 e. The van der Waals surface area contributed by atoms with Gasteiger partial charge < -0.3 is 5.53 Å². The fourth-order valence-corrected chi connectivity index (χ4v) is 2.78. The van der Waals surface area contributed by atoms with E-state index in [9.17, 15) is 13.2 Å². The molecule has 2 rings (SSSR count). The monoisotopic (exact) mass is 252 g/mol. The van der Waals surface area contributed by atoms with Crippen LogP contribution in [-0.4, -0.2) is 29.3 Å². The lowest BCUT2D eigenvalue weighted by Gasteiger charge is -2.19. The lowest BCUT2D eigenvalue weighted by Crippen LogP contribution is -2.30. The Hall–Kier alpha value is -1.82. The van der Waals surface area contributed by atoms with Gasteiger partial charge in [0.25, 0.3) is 10.1 Å². The number of carbonyl (C=O) groups excluding carboxylic acids is 1. The van der Waals surface area contributed by atoms with Gasteiger partial charge in [0.05, 0.1) is 5.56 Å². The summed E-state index contributed by atoms with van der Waals surface area (Å²) < 4.78 is 31.5. The zero-order valence-electron chi connectivity index (χ0n) is 8.57. The first-order valence-electron chi connectivity index (χ1n) is 4.76. The van der Waals surface area contributed by atoms with Crippen molar-refractivity contribution >= 4 is 21.6 Å². The number of rotatable bonds is 1. The number of benzene rings is 1. The second kappa shape index (κ2) is 3.89. The molecule has 0 bridgehead atoms. The maximum Gasteiger partial charge on any atom is 0.365 e. The molecule has 0 spiro atoms. The summed E-state index contributed by atoms with van der Waals surface area (Å²) >= 11 is 0. The molecule has 0 fully saturated rings. The van der Waals surface area contributed by atoms with E-state index >= 15 is 0 Å². The van der Waals surface area contributed by atoms with Gasteiger partial charge in [-0.1, -0.05) is 18.2 Å². The molecule has 0 aliphatic heterocycles. The maximum atomic E-state index is 11.6.